The standard InChI is InChI=1S/C11H12F6/c1-2-8(11(15,16)17)9(12)6-3-4-7(5-6)10(9,13)14/h3-4,6-8H,2,5H2,1H3. The molecule has 4 unspecified atom stereocenters. The third kappa shape index (κ3) is 1.45. The van der Waals surface area contributed by atoms with E-state index in [0.717, 1.165) is 19.1 Å². The molecule has 0 heterocycles. The number of hydrogen-bond acceptors (Lipinski definition) is 0. The molecule has 17 heavy (non-hydrogen) atoms. The van der Waals surface area contributed by atoms with Crippen LogP contribution in [-0.4, -0.2) is 17.8 Å². The van der Waals surface area contributed by atoms with Gasteiger partial charge < -0.3 is 0 Å². The zero-order valence-corrected chi connectivity index (χ0v) is 9.07. The zero-order chi connectivity index (χ0) is 13.1. The first-order valence-corrected chi connectivity index (χ1v) is 5.47. The fourth-order valence-electron chi connectivity index (χ4n) is 3.07. The molecule has 0 aromatic rings. The molecule has 0 amide bonds. The molecule has 2 bridgehead atoms. The molecule has 0 aromatic heterocycles. The van der Waals surface area contributed by atoms with Crippen molar-refractivity contribution >= 4 is 0 Å². The molecule has 1 saturated carbocycles. The number of fused-ring (bicyclic) bond motifs is 2. The minimum atomic E-state index is -4.94. The van der Waals surface area contributed by atoms with Crippen LogP contribution >= 0.6 is 0 Å². The molecule has 2 aliphatic rings. The molecule has 0 spiro atoms. The molecule has 2 aliphatic carbocycles. The van der Waals surface area contributed by atoms with Gasteiger partial charge in [-0.3, -0.25) is 0 Å². The van der Waals surface area contributed by atoms with E-state index < -0.39 is 41.9 Å². The Hall–Kier alpha value is -0.680. The lowest BCUT2D eigenvalue weighted by Gasteiger charge is -2.40. The summed E-state index contributed by atoms with van der Waals surface area (Å²) in [6.45, 7) is 1.09. The second-order valence-electron chi connectivity index (χ2n) is 4.73. The molecule has 2 rings (SSSR count). The Morgan fingerprint density at radius 1 is 1.18 bits per heavy atom. The van der Waals surface area contributed by atoms with Crippen molar-refractivity contribution in [1.29, 1.82) is 0 Å². The first kappa shape index (κ1) is 12.8. The fourth-order valence-corrected chi connectivity index (χ4v) is 3.07. The largest absolute Gasteiger partial charge is 0.395 e. The van der Waals surface area contributed by atoms with Crippen LogP contribution in [0.5, 0.6) is 0 Å². The van der Waals surface area contributed by atoms with E-state index in [9.17, 15) is 26.3 Å². The normalized spacial score (nSPS) is 40.9. The molecule has 0 aromatic carbocycles. The van der Waals surface area contributed by atoms with Gasteiger partial charge in [0.25, 0.3) is 5.92 Å². The Kier molecular flexibility index (Phi) is 2.57. The van der Waals surface area contributed by atoms with E-state index in [-0.39, 0.29) is 6.42 Å². The van der Waals surface area contributed by atoms with Crippen LogP contribution in [0, 0.1) is 17.8 Å². The van der Waals surface area contributed by atoms with Crippen LogP contribution in [0.4, 0.5) is 26.3 Å². The summed E-state index contributed by atoms with van der Waals surface area (Å²) in [5.74, 6) is -9.25. The lowest BCUT2D eigenvalue weighted by molar-refractivity contribution is -0.264. The summed E-state index contributed by atoms with van der Waals surface area (Å²) in [7, 11) is 0. The number of halogens is 6. The lowest BCUT2D eigenvalue weighted by Crippen LogP contribution is -2.56. The van der Waals surface area contributed by atoms with Gasteiger partial charge in [0.05, 0.1) is 5.92 Å². The SMILES string of the molecule is CCC(C(F)(F)F)C1(F)C2C=CC(C2)C1(F)F. The molecule has 0 radical (unpaired) electrons. The minimum Gasteiger partial charge on any atom is -0.236 e. The molecule has 0 N–H and O–H groups in total. The van der Waals surface area contributed by atoms with Gasteiger partial charge in [-0.15, -0.1) is 0 Å². The second kappa shape index (κ2) is 3.42. The summed E-state index contributed by atoms with van der Waals surface area (Å²) in [5, 5.41) is 0. The van der Waals surface area contributed by atoms with Crippen LogP contribution in [0.3, 0.4) is 0 Å². The van der Waals surface area contributed by atoms with Crippen molar-refractivity contribution in [2.75, 3.05) is 0 Å². The zero-order valence-electron chi connectivity index (χ0n) is 9.07. The van der Waals surface area contributed by atoms with E-state index in [1.165, 1.54) is 0 Å². The summed E-state index contributed by atoms with van der Waals surface area (Å²) in [6.07, 6.45) is -3.55. The van der Waals surface area contributed by atoms with E-state index in [4.69, 9.17) is 0 Å². The summed E-state index contributed by atoms with van der Waals surface area (Å²) < 4.78 is 79.9. The van der Waals surface area contributed by atoms with Crippen LogP contribution < -0.4 is 0 Å². The Morgan fingerprint density at radius 3 is 2.06 bits per heavy atom. The van der Waals surface area contributed by atoms with Gasteiger partial charge in [-0.05, 0) is 12.8 Å². The monoisotopic (exact) mass is 258 g/mol. The van der Waals surface area contributed by atoms with Gasteiger partial charge in [-0.25, -0.2) is 13.2 Å². The van der Waals surface area contributed by atoms with E-state index in [1.807, 2.05) is 0 Å². The highest BCUT2D eigenvalue weighted by molar-refractivity contribution is 5.26. The minimum absolute atomic E-state index is 0.226. The second-order valence-corrected chi connectivity index (χ2v) is 4.73. The molecular weight excluding hydrogens is 246 g/mol. The highest BCUT2D eigenvalue weighted by Gasteiger charge is 2.76. The van der Waals surface area contributed by atoms with Crippen molar-refractivity contribution in [2.24, 2.45) is 17.8 Å². The average molecular weight is 258 g/mol. The van der Waals surface area contributed by atoms with E-state index in [0.29, 0.717) is 0 Å². The maximum Gasteiger partial charge on any atom is 0.395 e. The van der Waals surface area contributed by atoms with Crippen molar-refractivity contribution in [3.05, 3.63) is 12.2 Å². The molecule has 6 heteroatoms. The summed E-state index contributed by atoms with van der Waals surface area (Å²) in [5.41, 5.74) is -3.49. The molecule has 1 fully saturated rings. The van der Waals surface area contributed by atoms with Crippen LogP contribution in [0.2, 0.25) is 0 Å². The maximum absolute atomic E-state index is 14.4. The maximum atomic E-state index is 14.4. The highest BCUT2D eigenvalue weighted by Crippen LogP contribution is 2.63. The Balaban J connectivity index is 2.45. The van der Waals surface area contributed by atoms with Gasteiger partial charge in [0, 0.05) is 11.8 Å². The Morgan fingerprint density at radius 2 is 1.71 bits per heavy atom. The Labute approximate surface area is 94.7 Å². The van der Waals surface area contributed by atoms with Crippen LogP contribution in [0.15, 0.2) is 12.2 Å². The number of rotatable bonds is 2. The van der Waals surface area contributed by atoms with Gasteiger partial charge in [0.15, 0.2) is 5.67 Å². The van der Waals surface area contributed by atoms with E-state index in [2.05, 4.69) is 0 Å². The van der Waals surface area contributed by atoms with Crippen molar-refractivity contribution in [3.8, 4) is 0 Å². The predicted molar refractivity (Wildman–Crippen MR) is 49.4 cm³/mol. The van der Waals surface area contributed by atoms with Gasteiger partial charge in [0.2, 0.25) is 0 Å². The summed E-state index contributed by atoms with van der Waals surface area (Å²) in [4.78, 5) is 0. The van der Waals surface area contributed by atoms with Gasteiger partial charge in [-0.1, -0.05) is 19.1 Å². The number of hydrogen-bond donors (Lipinski definition) is 0. The van der Waals surface area contributed by atoms with Crippen molar-refractivity contribution in [2.45, 2.75) is 37.5 Å². The van der Waals surface area contributed by atoms with Crippen molar-refractivity contribution in [3.63, 3.8) is 0 Å². The molecule has 0 nitrogen and oxygen atoms in total. The number of allylic oxidation sites excluding steroid dienone is 2. The van der Waals surface area contributed by atoms with Crippen molar-refractivity contribution < 1.29 is 26.3 Å². The quantitative estimate of drug-likeness (QED) is 0.516. The van der Waals surface area contributed by atoms with Crippen LogP contribution in [-0.2, 0) is 0 Å². The molecular formula is C11H12F6. The van der Waals surface area contributed by atoms with Gasteiger partial charge in [-0.2, -0.15) is 13.2 Å². The van der Waals surface area contributed by atoms with Crippen molar-refractivity contribution in [1.82, 2.24) is 0 Å². The summed E-state index contributed by atoms with van der Waals surface area (Å²) >= 11 is 0. The summed E-state index contributed by atoms with van der Waals surface area (Å²) in [6, 6.07) is 0. The molecule has 4 atom stereocenters. The van der Waals surface area contributed by atoms with Crippen LogP contribution in [0.25, 0.3) is 0 Å². The fraction of sp³-hybridized carbons (Fsp3) is 0.818. The van der Waals surface area contributed by atoms with E-state index >= 15 is 0 Å². The van der Waals surface area contributed by atoms with Gasteiger partial charge >= 0.3 is 6.18 Å². The highest BCUT2D eigenvalue weighted by atomic mass is 19.4. The van der Waals surface area contributed by atoms with E-state index in [1.54, 1.807) is 0 Å². The third-order valence-electron chi connectivity index (χ3n) is 3.91. The van der Waals surface area contributed by atoms with Crippen LogP contribution in [0.1, 0.15) is 19.8 Å². The topological polar surface area (TPSA) is 0 Å². The van der Waals surface area contributed by atoms with Gasteiger partial charge in [0.1, 0.15) is 0 Å². The first-order chi connectivity index (χ1) is 7.65. The lowest BCUT2D eigenvalue weighted by atomic mass is 9.75. The molecule has 0 saturated heterocycles. The molecule has 0 aliphatic heterocycles. The average Bonchev–Trinajstić information content (AvgIpc) is 2.69. The number of alkyl halides is 6. The predicted octanol–water partition coefficient (Wildman–Crippen LogP) is 4.12. The third-order valence-corrected chi connectivity index (χ3v) is 3.91. The first-order valence-electron chi connectivity index (χ1n) is 5.47. The molecule has 98 valence electrons. The smallest absolute Gasteiger partial charge is 0.236 e. The Bertz CT molecular complexity index is 344.